The van der Waals surface area contributed by atoms with Crippen molar-refractivity contribution < 1.29 is 22.6 Å². The van der Waals surface area contributed by atoms with Gasteiger partial charge in [-0.05, 0) is 79.7 Å². The molecule has 0 unspecified atom stereocenters. The molecule has 5 heteroatoms. The Labute approximate surface area is 189 Å². The Kier molecular flexibility index (Phi) is 7.52. The van der Waals surface area contributed by atoms with E-state index in [1.54, 1.807) is 0 Å². The Morgan fingerprint density at radius 2 is 1.41 bits per heavy atom. The summed E-state index contributed by atoms with van der Waals surface area (Å²) in [4.78, 5) is 0. The van der Waals surface area contributed by atoms with Crippen molar-refractivity contribution in [3.63, 3.8) is 0 Å². The van der Waals surface area contributed by atoms with E-state index in [9.17, 15) is 13.2 Å². The highest BCUT2D eigenvalue weighted by Gasteiger charge is 2.31. The second-order valence-corrected chi connectivity index (χ2v) is 9.84. The Balaban J connectivity index is 1.33. The normalized spacial score (nSPS) is 26.3. The molecule has 0 spiro atoms. The van der Waals surface area contributed by atoms with Gasteiger partial charge in [-0.25, -0.2) is 8.78 Å². The van der Waals surface area contributed by atoms with Gasteiger partial charge >= 0.3 is 0 Å². The van der Waals surface area contributed by atoms with E-state index in [0.29, 0.717) is 12.5 Å². The van der Waals surface area contributed by atoms with Crippen LogP contribution in [0.3, 0.4) is 0 Å². The standard InChI is InChI=1S/C27H35F3O2/c1-3-4-17-5-9-19(10-6-17)20-11-7-18(8-12-20)16-32-23-15-21-13-14-22(31-2)25(28)24(21)27(30)26(23)29/h13-15,17-20H,3-12,16H2,1-2H3. The SMILES string of the molecule is CCCC1CCC(C2CCC(COc3cc4ccc(OC)c(F)c4c(F)c3F)CC2)CC1. The molecule has 0 bridgehead atoms. The van der Waals surface area contributed by atoms with Gasteiger partial charge in [0.1, 0.15) is 0 Å². The number of fused-ring (bicyclic) bond motifs is 1. The first-order valence-corrected chi connectivity index (χ1v) is 12.3. The van der Waals surface area contributed by atoms with Crippen molar-refractivity contribution >= 4 is 10.8 Å². The smallest absolute Gasteiger partial charge is 0.201 e. The number of ether oxygens (including phenoxy) is 2. The lowest BCUT2D eigenvalue weighted by molar-refractivity contribution is 0.120. The van der Waals surface area contributed by atoms with Gasteiger partial charge in [0.15, 0.2) is 23.1 Å². The number of benzene rings is 2. The Bertz CT molecular complexity index is 913. The van der Waals surface area contributed by atoms with Crippen molar-refractivity contribution in [2.75, 3.05) is 13.7 Å². The Hall–Kier alpha value is -1.91. The molecule has 2 aliphatic rings. The van der Waals surface area contributed by atoms with Gasteiger partial charge in [-0.2, -0.15) is 4.39 Å². The molecule has 2 aromatic carbocycles. The van der Waals surface area contributed by atoms with Crippen molar-refractivity contribution in [2.45, 2.75) is 71.1 Å². The quantitative estimate of drug-likeness (QED) is 0.426. The van der Waals surface area contributed by atoms with Crippen LogP contribution in [0, 0.1) is 41.1 Å². The predicted molar refractivity (Wildman–Crippen MR) is 122 cm³/mol. The van der Waals surface area contributed by atoms with E-state index in [4.69, 9.17) is 9.47 Å². The first-order valence-electron chi connectivity index (χ1n) is 12.3. The van der Waals surface area contributed by atoms with Gasteiger partial charge < -0.3 is 9.47 Å². The highest BCUT2D eigenvalue weighted by atomic mass is 19.2. The van der Waals surface area contributed by atoms with Crippen LogP contribution in [0.15, 0.2) is 18.2 Å². The topological polar surface area (TPSA) is 18.5 Å². The van der Waals surface area contributed by atoms with Crippen molar-refractivity contribution in [1.82, 2.24) is 0 Å². The summed E-state index contributed by atoms with van der Waals surface area (Å²) in [6, 6.07) is 4.32. The van der Waals surface area contributed by atoms with Gasteiger partial charge in [0.05, 0.1) is 19.1 Å². The molecular weight excluding hydrogens is 413 g/mol. The summed E-state index contributed by atoms with van der Waals surface area (Å²) in [7, 11) is 1.29. The highest BCUT2D eigenvalue weighted by molar-refractivity contribution is 5.86. The fourth-order valence-electron chi connectivity index (χ4n) is 5.99. The van der Waals surface area contributed by atoms with Crippen LogP contribution in [0.1, 0.15) is 71.1 Å². The number of methoxy groups -OCH3 is 1. The molecule has 2 saturated carbocycles. The summed E-state index contributed by atoms with van der Waals surface area (Å²) >= 11 is 0. The fraction of sp³-hybridized carbons (Fsp3) is 0.630. The average molecular weight is 449 g/mol. The monoisotopic (exact) mass is 448 g/mol. The fourth-order valence-corrected chi connectivity index (χ4v) is 5.99. The van der Waals surface area contributed by atoms with Crippen molar-refractivity contribution in [1.29, 1.82) is 0 Å². The lowest BCUT2D eigenvalue weighted by Gasteiger charge is -2.37. The number of hydrogen-bond acceptors (Lipinski definition) is 2. The number of rotatable bonds is 7. The zero-order valence-electron chi connectivity index (χ0n) is 19.3. The van der Waals surface area contributed by atoms with E-state index in [1.807, 2.05) is 0 Å². The molecule has 32 heavy (non-hydrogen) atoms. The molecule has 2 aliphatic carbocycles. The van der Waals surface area contributed by atoms with Gasteiger partial charge in [0.2, 0.25) is 5.82 Å². The average Bonchev–Trinajstić information content (AvgIpc) is 2.81. The van der Waals surface area contributed by atoms with Crippen LogP contribution in [0.25, 0.3) is 10.8 Å². The summed E-state index contributed by atoms with van der Waals surface area (Å²) in [5.74, 6) is -0.545. The largest absolute Gasteiger partial charge is 0.494 e. The minimum Gasteiger partial charge on any atom is -0.494 e. The van der Waals surface area contributed by atoms with Crippen LogP contribution in [-0.2, 0) is 0 Å². The van der Waals surface area contributed by atoms with Crippen LogP contribution in [0.2, 0.25) is 0 Å². The first kappa shape index (κ1) is 23.3. The molecule has 0 atom stereocenters. The summed E-state index contributed by atoms with van der Waals surface area (Å²) in [6.45, 7) is 2.65. The molecule has 4 rings (SSSR count). The third-order valence-electron chi connectivity index (χ3n) is 7.89. The number of halogens is 3. The first-order chi connectivity index (χ1) is 15.5. The summed E-state index contributed by atoms with van der Waals surface area (Å²) < 4.78 is 54.2. The predicted octanol–water partition coefficient (Wildman–Crippen LogP) is 8.06. The summed E-state index contributed by atoms with van der Waals surface area (Å²) in [5.41, 5.74) is 0. The lowest BCUT2D eigenvalue weighted by atomic mass is 9.69. The van der Waals surface area contributed by atoms with E-state index in [-0.39, 0.29) is 16.9 Å². The zero-order chi connectivity index (χ0) is 22.7. The summed E-state index contributed by atoms with van der Waals surface area (Å²) in [6.07, 6.45) is 12.8. The van der Waals surface area contributed by atoms with Crippen molar-refractivity contribution in [3.8, 4) is 11.5 Å². The highest BCUT2D eigenvalue weighted by Crippen LogP contribution is 2.42. The van der Waals surface area contributed by atoms with Crippen LogP contribution in [0.5, 0.6) is 11.5 Å². The van der Waals surface area contributed by atoms with E-state index < -0.39 is 22.8 Å². The zero-order valence-corrected chi connectivity index (χ0v) is 19.3. The second kappa shape index (κ2) is 10.4. The second-order valence-electron chi connectivity index (χ2n) is 9.84. The molecule has 2 aromatic rings. The third kappa shape index (κ3) is 4.87. The van der Waals surface area contributed by atoms with Crippen molar-refractivity contribution in [2.24, 2.45) is 23.7 Å². The Morgan fingerprint density at radius 3 is 2.00 bits per heavy atom. The molecule has 0 aromatic heterocycles. The van der Waals surface area contributed by atoms with Crippen LogP contribution >= 0.6 is 0 Å². The van der Waals surface area contributed by atoms with E-state index in [0.717, 1.165) is 30.6 Å². The molecular formula is C27H35F3O2. The van der Waals surface area contributed by atoms with Gasteiger partial charge in [0, 0.05) is 0 Å². The van der Waals surface area contributed by atoms with Crippen LogP contribution in [-0.4, -0.2) is 13.7 Å². The Morgan fingerprint density at radius 1 is 0.781 bits per heavy atom. The molecule has 0 aliphatic heterocycles. The lowest BCUT2D eigenvalue weighted by Crippen LogP contribution is -2.27. The molecule has 176 valence electrons. The van der Waals surface area contributed by atoms with E-state index in [1.165, 1.54) is 76.7 Å². The maximum atomic E-state index is 14.6. The van der Waals surface area contributed by atoms with E-state index >= 15 is 0 Å². The van der Waals surface area contributed by atoms with Gasteiger partial charge in [-0.15, -0.1) is 0 Å². The molecule has 2 fully saturated rings. The van der Waals surface area contributed by atoms with Gasteiger partial charge in [-0.1, -0.05) is 38.7 Å². The van der Waals surface area contributed by atoms with Gasteiger partial charge in [-0.3, -0.25) is 0 Å². The molecule has 2 nitrogen and oxygen atoms in total. The van der Waals surface area contributed by atoms with Gasteiger partial charge in [0.25, 0.3) is 0 Å². The molecule has 0 N–H and O–H groups in total. The number of hydrogen-bond donors (Lipinski definition) is 0. The van der Waals surface area contributed by atoms with E-state index in [2.05, 4.69) is 6.92 Å². The molecule has 0 heterocycles. The molecule has 0 saturated heterocycles. The van der Waals surface area contributed by atoms with Crippen LogP contribution < -0.4 is 9.47 Å². The third-order valence-corrected chi connectivity index (χ3v) is 7.89. The minimum absolute atomic E-state index is 0.111. The maximum Gasteiger partial charge on any atom is 0.201 e. The molecule has 0 amide bonds. The van der Waals surface area contributed by atoms with Crippen molar-refractivity contribution in [3.05, 3.63) is 35.7 Å². The maximum absolute atomic E-state index is 14.6. The minimum atomic E-state index is -1.23. The summed E-state index contributed by atoms with van der Waals surface area (Å²) in [5, 5.41) is -0.136. The molecule has 0 radical (unpaired) electrons. The van der Waals surface area contributed by atoms with Crippen LogP contribution in [0.4, 0.5) is 13.2 Å².